The van der Waals surface area contributed by atoms with Crippen LogP contribution >= 0.6 is 15.9 Å². The van der Waals surface area contributed by atoms with E-state index in [-0.39, 0.29) is 16.7 Å². The van der Waals surface area contributed by atoms with Crippen LogP contribution in [0.4, 0.5) is 20.6 Å². The molecule has 8 heteroatoms. The Labute approximate surface area is 199 Å². The van der Waals surface area contributed by atoms with E-state index in [1.807, 2.05) is 32.7 Å². The molecule has 2 aliphatic heterocycles. The van der Waals surface area contributed by atoms with Crippen LogP contribution in [0.2, 0.25) is 0 Å². The number of rotatable bonds is 2. The van der Waals surface area contributed by atoms with Crippen molar-refractivity contribution >= 4 is 56.8 Å². The zero-order valence-electron chi connectivity index (χ0n) is 18.9. The lowest BCUT2D eigenvalue weighted by Crippen LogP contribution is -2.54. The van der Waals surface area contributed by atoms with Crippen LogP contribution < -0.4 is 15.1 Å². The number of barbiturate groups is 1. The van der Waals surface area contributed by atoms with E-state index in [1.54, 1.807) is 31.2 Å². The molecule has 1 N–H and O–H groups in total. The molecule has 0 aromatic heterocycles. The molecule has 4 amide bonds. The molecule has 4 rings (SSSR count). The average Bonchev–Trinajstić information content (AvgIpc) is 2.71. The Kier molecular flexibility index (Phi) is 5.52. The van der Waals surface area contributed by atoms with Crippen LogP contribution in [-0.2, 0) is 9.59 Å². The number of allylic oxidation sites excluding steroid dienone is 1. The molecule has 6 nitrogen and oxygen atoms in total. The Morgan fingerprint density at radius 2 is 1.76 bits per heavy atom. The van der Waals surface area contributed by atoms with E-state index in [2.05, 4.69) is 27.3 Å². The maximum atomic E-state index is 15.1. The van der Waals surface area contributed by atoms with Gasteiger partial charge >= 0.3 is 6.03 Å². The molecule has 0 spiro atoms. The fourth-order valence-corrected chi connectivity index (χ4v) is 4.68. The number of amides is 4. The van der Waals surface area contributed by atoms with Gasteiger partial charge in [0.25, 0.3) is 11.8 Å². The molecule has 2 aromatic carbocycles. The third-order valence-corrected chi connectivity index (χ3v) is 6.63. The highest BCUT2D eigenvalue weighted by Crippen LogP contribution is 2.39. The molecular formula is C25H23BrFN3O3. The molecule has 0 atom stereocenters. The summed E-state index contributed by atoms with van der Waals surface area (Å²) in [5.74, 6) is -2.24. The third kappa shape index (κ3) is 3.88. The lowest BCUT2D eigenvalue weighted by Gasteiger charge is -2.40. The number of nitrogens with one attached hydrogen (secondary N) is 1. The lowest BCUT2D eigenvalue weighted by atomic mass is 9.88. The fourth-order valence-electron chi connectivity index (χ4n) is 4.20. The Morgan fingerprint density at radius 1 is 1.06 bits per heavy atom. The fraction of sp³-hybridized carbons (Fsp3) is 0.240. The number of fused-ring (bicyclic) bond motifs is 1. The number of halogens is 2. The highest BCUT2D eigenvalue weighted by Gasteiger charge is 2.38. The molecule has 0 unspecified atom stereocenters. The number of likely N-dealkylation sites (N-methyl/N-ethyl adjacent to an activating group) is 1. The molecular weight excluding hydrogens is 489 g/mol. The van der Waals surface area contributed by atoms with Crippen molar-refractivity contribution in [3.8, 4) is 0 Å². The molecule has 0 radical (unpaired) electrons. The Morgan fingerprint density at radius 3 is 2.42 bits per heavy atom. The second-order valence-electron chi connectivity index (χ2n) is 8.82. The van der Waals surface area contributed by atoms with E-state index < -0.39 is 23.7 Å². The summed E-state index contributed by atoms with van der Waals surface area (Å²) in [5, 5.41) is 2.18. The zero-order chi connectivity index (χ0) is 24.2. The van der Waals surface area contributed by atoms with Gasteiger partial charge in [0.05, 0.1) is 11.2 Å². The van der Waals surface area contributed by atoms with Gasteiger partial charge in [-0.2, -0.15) is 0 Å². The molecule has 0 aliphatic carbocycles. The molecule has 2 aromatic rings. The number of carbonyl (C=O) groups excluding carboxylic acids is 3. The van der Waals surface area contributed by atoms with Gasteiger partial charge in [-0.1, -0.05) is 22.0 Å². The number of urea groups is 1. The number of anilines is 2. The topological polar surface area (TPSA) is 69.7 Å². The maximum Gasteiger partial charge on any atom is 0.335 e. The van der Waals surface area contributed by atoms with Crippen molar-refractivity contribution in [1.82, 2.24) is 5.32 Å². The predicted molar refractivity (Wildman–Crippen MR) is 130 cm³/mol. The summed E-state index contributed by atoms with van der Waals surface area (Å²) in [6, 6.07) is 7.25. The van der Waals surface area contributed by atoms with Gasteiger partial charge in [-0.05, 0) is 75.2 Å². The summed E-state index contributed by atoms with van der Waals surface area (Å²) in [5.41, 5.74) is 2.99. The summed E-state index contributed by atoms with van der Waals surface area (Å²) < 4.78 is 15.9. The van der Waals surface area contributed by atoms with Crippen molar-refractivity contribution in [2.75, 3.05) is 16.8 Å². The van der Waals surface area contributed by atoms with Gasteiger partial charge in [-0.15, -0.1) is 0 Å². The van der Waals surface area contributed by atoms with E-state index in [4.69, 9.17) is 0 Å². The molecule has 1 saturated heterocycles. The second-order valence-corrected chi connectivity index (χ2v) is 9.74. The third-order valence-electron chi connectivity index (χ3n) is 6.14. The Balaban J connectivity index is 1.80. The molecule has 2 heterocycles. The van der Waals surface area contributed by atoms with Crippen molar-refractivity contribution in [3.63, 3.8) is 0 Å². The Hall–Kier alpha value is -3.26. The minimum atomic E-state index is -0.862. The van der Waals surface area contributed by atoms with E-state index in [0.717, 1.165) is 26.2 Å². The maximum absolute atomic E-state index is 15.1. The quantitative estimate of drug-likeness (QED) is 0.444. The average molecular weight is 512 g/mol. The van der Waals surface area contributed by atoms with E-state index in [1.165, 1.54) is 12.1 Å². The summed E-state index contributed by atoms with van der Waals surface area (Å²) in [6.45, 7) is 7.76. The van der Waals surface area contributed by atoms with Crippen LogP contribution in [0.3, 0.4) is 0 Å². The van der Waals surface area contributed by atoms with E-state index >= 15 is 4.39 Å². The molecule has 33 heavy (non-hydrogen) atoms. The lowest BCUT2D eigenvalue weighted by molar-refractivity contribution is -0.122. The van der Waals surface area contributed by atoms with Gasteiger partial charge in [-0.25, -0.2) is 14.1 Å². The van der Waals surface area contributed by atoms with E-state index in [9.17, 15) is 14.4 Å². The zero-order valence-corrected chi connectivity index (χ0v) is 20.5. The van der Waals surface area contributed by atoms with Crippen molar-refractivity contribution in [2.45, 2.75) is 33.2 Å². The van der Waals surface area contributed by atoms with Crippen LogP contribution in [-0.4, -0.2) is 30.4 Å². The first kappa shape index (κ1) is 22.9. The van der Waals surface area contributed by atoms with Crippen molar-refractivity contribution in [2.24, 2.45) is 0 Å². The van der Waals surface area contributed by atoms with Gasteiger partial charge in [0.15, 0.2) is 0 Å². The number of nitrogens with zero attached hydrogens (tertiary/aromatic N) is 2. The highest BCUT2D eigenvalue weighted by molar-refractivity contribution is 9.10. The standard InChI is InChI=1S/C25H23BrFN3O3/c1-13-8-16(26)6-7-20(13)30-23(32)18(22(31)28-24(30)33)10-15-9-17-14(2)12-25(3,4)29(5)21(17)11-19(15)27/h6-12H,1-5H3,(H,28,31,33)/b18-10-. The molecule has 1 fully saturated rings. The minimum Gasteiger partial charge on any atom is -0.365 e. The number of carbonyl (C=O) groups is 3. The van der Waals surface area contributed by atoms with Crippen molar-refractivity contribution < 1.29 is 18.8 Å². The van der Waals surface area contributed by atoms with Gasteiger partial charge in [-0.3, -0.25) is 14.9 Å². The van der Waals surface area contributed by atoms with Gasteiger partial charge in [0.2, 0.25) is 0 Å². The van der Waals surface area contributed by atoms with Crippen LogP contribution in [0, 0.1) is 12.7 Å². The molecule has 0 bridgehead atoms. The first-order valence-corrected chi connectivity index (χ1v) is 11.1. The largest absolute Gasteiger partial charge is 0.365 e. The summed E-state index contributed by atoms with van der Waals surface area (Å²) in [6.07, 6.45) is 3.29. The second kappa shape index (κ2) is 7.95. The van der Waals surface area contributed by atoms with Gasteiger partial charge in [0, 0.05) is 28.3 Å². The number of aryl methyl sites for hydroxylation is 1. The van der Waals surface area contributed by atoms with Crippen LogP contribution in [0.5, 0.6) is 0 Å². The van der Waals surface area contributed by atoms with E-state index in [0.29, 0.717) is 11.3 Å². The molecule has 2 aliphatic rings. The molecule has 170 valence electrons. The smallest absolute Gasteiger partial charge is 0.335 e. The highest BCUT2D eigenvalue weighted by atomic mass is 79.9. The SMILES string of the molecule is CC1=CC(C)(C)N(C)c2cc(F)c(/C=C3/C(=O)NC(=O)N(c4ccc(Br)cc4C)C3=O)cc21. The van der Waals surface area contributed by atoms with Crippen molar-refractivity contribution in [3.05, 3.63) is 69.0 Å². The molecule has 0 saturated carbocycles. The van der Waals surface area contributed by atoms with Crippen LogP contribution in [0.25, 0.3) is 11.6 Å². The first-order valence-electron chi connectivity index (χ1n) is 10.4. The summed E-state index contributed by atoms with van der Waals surface area (Å²) >= 11 is 3.35. The minimum absolute atomic E-state index is 0.0925. The summed E-state index contributed by atoms with van der Waals surface area (Å²) in [7, 11) is 1.89. The van der Waals surface area contributed by atoms with Gasteiger partial charge in [0.1, 0.15) is 11.4 Å². The van der Waals surface area contributed by atoms with Crippen molar-refractivity contribution in [1.29, 1.82) is 0 Å². The first-order chi connectivity index (χ1) is 15.4. The van der Waals surface area contributed by atoms with Gasteiger partial charge < -0.3 is 4.90 Å². The number of hydrogen-bond acceptors (Lipinski definition) is 4. The normalized spacial score (nSPS) is 18.9. The number of imide groups is 2. The monoisotopic (exact) mass is 511 g/mol. The number of hydrogen-bond donors (Lipinski definition) is 1. The number of benzene rings is 2. The summed E-state index contributed by atoms with van der Waals surface area (Å²) in [4.78, 5) is 41.1. The Bertz CT molecular complexity index is 1300. The predicted octanol–water partition coefficient (Wildman–Crippen LogP) is 5.19. The van der Waals surface area contributed by atoms with Crippen LogP contribution in [0.15, 0.2) is 46.5 Å². The van der Waals surface area contributed by atoms with Crippen LogP contribution in [0.1, 0.15) is 37.5 Å².